The van der Waals surface area contributed by atoms with E-state index in [1.807, 2.05) is 6.07 Å². The van der Waals surface area contributed by atoms with E-state index >= 15 is 0 Å². The Balaban J connectivity index is 1.19. The van der Waals surface area contributed by atoms with Crippen LogP contribution in [0.2, 0.25) is 0 Å². The highest BCUT2D eigenvalue weighted by Gasteiger charge is 2.49. The molecule has 1 saturated heterocycles. The maximum atomic E-state index is 12.9. The van der Waals surface area contributed by atoms with Crippen LogP contribution in [0.1, 0.15) is 32.1 Å². The lowest BCUT2D eigenvalue weighted by atomic mass is 9.54. The average molecular weight is 404 g/mol. The van der Waals surface area contributed by atoms with Crippen LogP contribution in [-0.4, -0.2) is 55.9 Å². The maximum Gasteiger partial charge on any atom is 0.317 e. The van der Waals surface area contributed by atoms with Crippen molar-refractivity contribution in [3.8, 4) is 0 Å². The summed E-state index contributed by atoms with van der Waals surface area (Å²) < 4.78 is 27.0. The molecule has 4 aliphatic carbocycles. The zero-order chi connectivity index (χ0) is 19.3. The molecule has 0 aromatic heterocycles. The number of piperazine rings is 1. The minimum absolute atomic E-state index is 0.00534. The van der Waals surface area contributed by atoms with Crippen LogP contribution in [0.15, 0.2) is 35.2 Å². The van der Waals surface area contributed by atoms with Gasteiger partial charge in [0.1, 0.15) is 0 Å². The molecule has 7 heteroatoms. The summed E-state index contributed by atoms with van der Waals surface area (Å²) in [7, 11) is -3.48. The lowest BCUT2D eigenvalue weighted by Gasteiger charge is -2.54. The molecule has 6 nitrogen and oxygen atoms in total. The molecule has 4 bridgehead atoms. The standard InChI is InChI=1S/C21H29N3O3S/c25-21(22-20-17-11-15-10-16(13-17)14-18(20)12-15)23-6-8-24(9-7-23)28(26,27)19-4-2-1-3-5-19/h1-5,15-18,20H,6-14H2,(H,22,25). The largest absolute Gasteiger partial charge is 0.335 e. The number of carbonyl (C=O) groups excluding carboxylic acids is 1. The van der Waals surface area contributed by atoms with Gasteiger partial charge in [-0.3, -0.25) is 0 Å². The van der Waals surface area contributed by atoms with Gasteiger partial charge < -0.3 is 10.2 Å². The molecule has 5 fully saturated rings. The van der Waals surface area contributed by atoms with Gasteiger partial charge >= 0.3 is 6.03 Å². The first-order valence-electron chi connectivity index (χ1n) is 10.6. The molecule has 6 rings (SSSR count). The molecular formula is C21H29N3O3S. The second-order valence-corrected chi connectivity index (χ2v) is 11.0. The second kappa shape index (κ2) is 7.02. The molecule has 1 aromatic carbocycles. The van der Waals surface area contributed by atoms with Crippen LogP contribution in [0.3, 0.4) is 0 Å². The van der Waals surface area contributed by atoms with Gasteiger partial charge in [-0.15, -0.1) is 0 Å². The van der Waals surface area contributed by atoms with E-state index in [1.54, 1.807) is 29.2 Å². The van der Waals surface area contributed by atoms with Crippen molar-refractivity contribution in [1.82, 2.24) is 14.5 Å². The Kier molecular flexibility index (Phi) is 4.62. The molecule has 1 heterocycles. The van der Waals surface area contributed by atoms with Gasteiger partial charge in [-0.1, -0.05) is 18.2 Å². The third kappa shape index (κ3) is 3.22. The fourth-order valence-corrected chi connectivity index (χ4v) is 7.71. The predicted molar refractivity (Wildman–Crippen MR) is 106 cm³/mol. The predicted octanol–water partition coefficient (Wildman–Crippen LogP) is 2.53. The Morgan fingerprint density at radius 1 is 0.857 bits per heavy atom. The molecule has 28 heavy (non-hydrogen) atoms. The number of nitrogens with one attached hydrogen (secondary N) is 1. The number of hydrogen-bond acceptors (Lipinski definition) is 3. The Hall–Kier alpha value is -1.60. The molecule has 0 unspecified atom stereocenters. The smallest absolute Gasteiger partial charge is 0.317 e. The summed E-state index contributed by atoms with van der Waals surface area (Å²) >= 11 is 0. The van der Waals surface area contributed by atoms with Crippen molar-refractivity contribution < 1.29 is 13.2 Å². The highest BCUT2D eigenvalue weighted by atomic mass is 32.2. The number of urea groups is 1. The summed E-state index contributed by atoms with van der Waals surface area (Å²) in [5.41, 5.74) is 0. The van der Waals surface area contributed by atoms with Crippen LogP contribution in [0.25, 0.3) is 0 Å². The van der Waals surface area contributed by atoms with E-state index in [0.29, 0.717) is 49.0 Å². The van der Waals surface area contributed by atoms with Crippen molar-refractivity contribution in [3.05, 3.63) is 30.3 Å². The van der Waals surface area contributed by atoms with Crippen molar-refractivity contribution in [2.45, 2.75) is 43.0 Å². The number of hydrogen-bond donors (Lipinski definition) is 1. The Morgan fingerprint density at radius 2 is 1.43 bits per heavy atom. The highest BCUT2D eigenvalue weighted by Crippen LogP contribution is 2.53. The summed E-state index contributed by atoms with van der Waals surface area (Å²) in [6, 6.07) is 8.86. The first kappa shape index (κ1) is 18.4. The molecule has 1 aliphatic heterocycles. The van der Waals surface area contributed by atoms with E-state index in [2.05, 4.69) is 5.32 Å². The monoisotopic (exact) mass is 403 g/mol. The number of sulfonamides is 1. The van der Waals surface area contributed by atoms with Gasteiger partial charge in [0.15, 0.2) is 0 Å². The molecule has 0 atom stereocenters. The molecule has 0 radical (unpaired) electrons. The average Bonchev–Trinajstić information content (AvgIpc) is 2.71. The molecule has 4 saturated carbocycles. The number of benzene rings is 1. The SMILES string of the molecule is O=C(NC1C2CC3CC(C2)CC1C3)N1CCN(S(=O)(=O)c2ccccc2)CC1. The fraction of sp³-hybridized carbons (Fsp3) is 0.667. The highest BCUT2D eigenvalue weighted by molar-refractivity contribution is 7.89. The van der Waals surface area contributed by atoms with E-state index in [9.17, 15) is 13.2 Å². The van der Waals surface area contributed by atoms with Crippen LogP contribution in [0.5, 0.6) is 0 Å². The normalized spacial score (nSPS) is 35.1. The number of amides is 2. The van der Waals surface area contributed by atoms with Gasteiger partial charge in [0.05, 0.1) is 4.90 Å². The van der Waals surface area contributed by atoms with E-state index in [-0.39, 0.29) is 6.03 Å². The van der Waals surface area contributed by atoms with Crippen LogP contribution < -0.4 is 5.32 Å². The van der Waals surface area contributed by atoms with Crippen LogP contribution in [0.4, 0.5) is 4.79 Å². The number of carbonyl (C=O) groups is 1. The zero-order valence-electron chi connectivity index (χ0n) is 16.2. The summed E-state index contributed by atoms with van der Waals surface area (Å²) in [6.45, 7) is 1.61. The van der Waals surface area contributed by atoms with Gasteiger partial charge in [0.2, 0.25) is 10.0 Å². The van der Waals surface area contributed by atoms with Crippen LogP contribution in [0, 0.1) is 23.7 Å². The van der Waals surface area contributed by atoms with Crippen molar-refractivity contribution in [3.63, 3.8) is 0 Å². The minimum atomic E-state index is -3.48. The molecule has 1 aromatic rings. The number of rotatable bonds is 3. The first-order valence-corrected chi connectivity index (χ1v) is 12.1. The third-order valence-corrected chi connectivity index (χ3v) is 9.34. The fourth-order valence-electron chi connectivity index (χ4n) is 6.27. The quantitative estimate of drug-likeness (QED) is 0.843. The van der Waals surface area contributed by atoms with E-state index in [4.69, 9.17) is 0 Å². The topological polar surface area (TPSA) is 69.7 Å². The van der Waals surface area contributed by atoms with E-state index < -0.39 is 10.0 Å². The van der Waals surface area contributed by atoms with Gasteiger partial charge in [0, 0.05) is 32.2 Å². The Labute approximate surface area is 167 Å². The molecule has 5 aliphatic rings. The summed E-state index contributed by atoms with van der Waals surface area (Å²) in [5.74, 6) is 3.09. The van der Waals surface area contributed by atoms with Crippen molar-refractivity contribution in [2.75, 3.05) is 26.2 Å². The molecule has 0 spiro atoms. The lowest BCUT2D eigenvalue weighted by molar-refractivity contribution is -0.0113. The van der Waals surface area contributed by atoms with Crippen molar-refractivity contribution >= 4 is 16.1 Å². The Morgan fingerprint density at radius 3 is 2.00 bits per heavy atom. The van der Waals surface area contributed by atoms with E-state index in [1.165, 1.54) is 36.4 Å². The third-order valence-electron chi connectivity index (χ3n) is 7.42. The van der Waals surface area contributed by atoms with E-state index in [0.717, 1.165) is 11.8 Å². The molecule has 1 N–H and O–H groups in total. The molecule has 2 amide bonds. The van der Waals surface area contributed by atoms with Gasteiger partial charge in [-0.2, -0.15) is 4.31 Å². The second-order valence-electron chi connectivity index (χ2n) is 9.11. The van der Waals surface area contributed by atoms with Crippen molar-refractivity contribution in [2.24, 2.45) is 23.7 Å². The summed E-state index contributed by atoms with van der Waals surface area (Å²) in [6.07, 6.45) is 6.52. The first-order chi connectivity index (χ1) is 13.5. The zero-order valence-corrected chi connectivity index (χ0v) is 17.0. The minimum Gasteiger partial charge on any atom is -0.335 e. The van der Waals surface area contributed by atoms with Gasteiger partial charge in [-0.05, 0) is 67.9 Å². The summed E-state index contributed by atoms with van der Waals surface area (Å²) in [4.78, 5) is 15.0. The molecule has 152 valence electrons. The molecular weight excluding hydrogens is 374 g/mol. The lowest BCUT2D eigenvalue weighted by Crippen LogP contribution is -2.60. The Bertz CT molecular complexity index is 806. The van der Waals surface area contributed by atoms with Crippen LogP contribution >= 0.6 is 0 Å². The van der Waals surface area contributed by atoms with Gasteiger partial charge in [-0.25, -0.2) is 13.2 Å². The van der Waals surface area contributed by atoms with Crippen LogP contribution in [-0.2, 0) is 10.0 Å². The maximum absolute atomic E-state index is 12.9. The van der Waals surface area contributed by atoms with Gasteiger partial charge in [0.25, 0.3) is 0 Å². The summed E-state index contributed by atoms with van der Waals surface area (Å²) in [5, 5.41) is 3.34. The number of nitrogens with zero attached hydrogens (tertiary/aromatic N) is 2. The van der Waals surface area contributed by atoms with Crippen molar-refractivity contribution in [1.29, 1.82) is 0 Å².